The largest absolute Gasteiger partial charge is 0.151 e. The SMILES string of the molecule is C=CC=CC=CS. The number of allylic oxidation sites excluding steroid dienone is 4. The molecule has 0 heterocycles. The maximum atomic E-state index is 3.83. The van der Waals surface area contributed by atoms with Gasteiger partial charge in [0.2, 0.25) is 0 Å². The van der Waals surface area contributed by atoms with E-state index < -0.39 is 0 Å². The van der Waals surface area contributed by atoms with E-state index in [1.54, 1.807) is 11.5 Å². The third-order valence-corrected chi connectivity index (χ3v) is 0.617. The molecule has 0 aliphatic rings. The molecule has 0 rings (SSSR count). The molecule has 0 aliphatic carbocycles. The zero-order valence-corrected chi connectivity index (χ0v) is 4.94. The Morgan fingerprint density at radius 1 is 1.14 bits per heavy atom. The summed E-state index contributed by atoms with van der Waals surface area (Å²) in [5.41, 5.74) is 0. The summed E-state index contributed by atoms with van der Waals surface area (Å²) >= 11 is 3.83. The van der Waals surface area contributed by atoms with Crippen LogP contribution < -0.4 is 0 Å². The van der Waals surface area contributed by atoms with Gasteiger partial charge in [-0.15, -0.1) is 0 Å². The summed E-state index contributed by atoms with van der Waals surface area (Å²) in [5, 5.41) is 1.67. The topological polar surface area (TPSA) is 0 Å². The van der Waals surface area contributed by atoms with Gasteiger partial charge in [-0.3, -0.25) is 0 Å². The minimum absolute atomic E-state index is 1.67. The van der Waals surface area contributed by atoms with Gasteiger partial charge in [0.05, 0.1) is 0 Å². The van der Waals surface area contributed by atoms with Crippen molar-refractivity contribution in [3.05, 3.63) is 36.3 Å². The van der Waals surface area contributed by atoms with Crippen LogP contribution in [0.15, 0.2) is 36.3 Å². The lowest BCUT2D eigenvalue weighted by molar-refractivity contribution is 1.97. The average Bonchev–Trinajstić information content (AvgIpc) is 1.69. The van der Waals surface area contributed by atoms with E-state index >= 15 is 0 Å². The van der Waals surface area contributed by atoms with Crippen LogP contribution >= 0.6 is 12.6 Å². The molecule has 0 nitrogen and oxygen atoms in total. The van der Waals surface area contributed by atoms with Crippen LogP contribution in [0.2, 0.25) is 0 Å². The van der Waals surface area contributed by atoms with Crippen molar-refractivity contribution in [2.75, 3.05) is 0 Å². The fourth-order valence-corrected chi connectivity index (χ4v) is 0.292. The first kappa shape index (κ1) is 6.57. The van der Waals surface area contributed by atoms with E-state index in [2.05, 4.69) is 19.2 Å². The Bertz CT molecular complexity index is 90.4. The molecule has 0 aromatic heterocycles. The number of thiol groups is 1. The molecule has 38 valence electrons. The van der Waals surface area contributed by atoms with Crippen LogP contribution in [0, 0.1) is 0 Å². The summed E-state index contributed by atoms with van der Waals surface area (Å²) in [7, 11) is 0. The van der Waals surface area contributed by atoms with Gasteiger partial charge in [0, 0.05) is 0 Å². The highest BCUT2D eigenvalue weighted by molar-refractivity contribution is 7.83. The predicted octanol–water partition coefficient (Wildman–Crippen LogP) is 2.17. The lowest BCUT2D eigenvalue weighted by Gasteiger charge is -1.64. The Morgan fingerprint density at radius 3 is 2.29 bits per heavy atom. The maximum Gasteiger partial charge on any atom is -0.0324 e. The summed E-state index contributed by atoms with van der Waals surface area (Å²) in [5.74, 6) is 0. The molecule has 0 spiro atoms. The highest BCUT2D eigenvalue weighted by Gasteiger charge is 1.52. The van der Waals surface area contributed by atoms with Crippen molar-refractivity contribution in [2.45, 2.75) is 0 Å². The van der Waals surface area contributed by atoms with Gasteiger partial charge in [0.25, 0.3) is 0 Å². The Hall–Kier alpha value is -0.430. The quantitative estimate of drug-likeness (QED) is 0.411. The molecule has 0 saturated carbocycles. The van der Waals surface area contributed by atoms with Crippen LogP contribution in [0.4, 0.5) is 0 Å². The van der Waals surface area contributed by atoms with Crippen LogP contribution in [-0.2, 0) is 0 Å². The second-order valence-electron chi connectivity index (χ2n) is 0.962. The molecule has 0 atom stereocenters. The van der Waals surface area contributed by atoms with E-state index in [4.69, 9.17) is 0 Å². The van der Waals surface area contributed by atoms with Gasteiger partial charge in [-0.25, -0.2) is 0 Å². The Morgan fingerprint density at radius 2 is 1.86 bits per heavy atom. The van der Waals surface area contributed by atoms with Crippen LogP contribution in [0.3, 0.4) is 0 Å². The summed E-state index contributed by atoms with van der Waals surface area (Å²) in [6, 6.07) is 0. The predicted molar refractivity (Wildman–Crippen MR) is 37.5 cm³/mol. The molecule has 0 aromatic rings. The van der Waals surface area contributed by atoms with Crippen LogP contribution in [0.25, 0.3) is 0 Å². The number of rotatable bonds is 2. The van der Waals surface area contributed by atoms with Crippen LogP contribution in [0.1, 0.15) is 0 Å². The van der Waals surface area contributed by atoms with Gasteiger partial charge < -0.3 is 0 Å². The number of hydrogen-bond donors (Lipinski definition) is 1. The van der Waals surface area contributed by atoms with Crippen LogP contribution in [-0.4, -0.2) is 0 Å². The molecule has 1 heteroatoms. The van der Waals surface area contributed by atoms with E-state index in [-0.39, 0.29) is 0 Å². The van der Waals surface area contributed by atoms with Crippen molar-refractivity contribution in [3.8, 4) is 0 Å². The second kappa shape index (κ2) is 5.57. The molecule has 0 bridgehead atoms. The van der Waals surface area contributed by atoms with Gasteiger partial charge >= 0.3 is 0 Å². The highest BCUT2D eigenvalue weighted by atomic mass is 32.1. The monoisotopic (exact) mass is 112 g/mol. The zero-order valence-electron chi connectivity index (χ0n) is 4.04. The van der Waals surface area contributed by atoms with E-state index in [1.165, 1.54) is 0 Å². The van der Waals surface area contributed by atoms with Crippen molar-refractivity contribution >= 4 is 12.6 Å². The molecule has 0 radical (unpaired) electrons. The van der Waals surface area contributed by atoms with Crippen molar-refractivity contribution in [3.63, 3.8) is 0 Å². The molecule has 0 aromatic carbocycles. The third kappa shape index (κ3) is 5.57. The van der Waals surface area contributed by atoms with Gasteiger partial charge in [0.1, 0.15) is 0 Å². The first-order valence-corrected chi connectivity index (χ1v) is 2.52. The van der Waals surface area contributed by atoms with E-state index in [0.29, 0.717) is 0 Å². The van der Waals surface area contributed by atoms with E-state index in [0.717, 1.165) is 0 Å². The molecular weight excluding hydrogens is 104 g/mol. The maximum absolute atomic E-state index is 3.83. The van der Waals surface area contributed by atoms with Gasteiger partial charge in [-0.1, -0.05) is 30.9 Å². The molecule has 0 aliphatic heterocycles. The van der Waals surface area contributed by atoms with E-state index in [1.807, 2.05) is 18.2 Å². The molecule has 0 fully saturated rings. The molecule has 0 N–H and O–H groups in total. The standard InChI is InChI=1S/C6H8S/c1-2-3-4-5-6-7/h2-7H,1H2. The second-order valence-corrected chi connectivity index (χ2v) is 1.26. The van der Waals surface area contributed by atoms with Crippen molar-refractivity contribution in [1.29, 1.82) is 0 Å². The average molecular weight is 112 g/mol. The smallest absolute Gasteiger partial charge is 0.0324 e. The van der Waals surface area contributed by atoms with Gasteiger partial charge in [-0.05, 0) is 5.41 Å². The van der Waals surface area contributed by atoms with Gasteiger partial charge in [-0.2, -0.15) is 12.6 Å². The minimum Gasteiger partial charge on any atom is -0.151 e. The van der Waals surface area contributed by atoms with Crippen molar-refractivity contribution in [2.24, 2.45) is 0 Å². The first-order chi connectivity index (χ1) is 3.41. The molecule has 0 unspecified atom stereocenters. The Kier molecular flexibility index (Phi) is 5.23. The first-order valence-electron chi connectivity index (χ1n) is 2.00. The summed E-state index contributed by atoms with van der Waals surface area (Å²) in [6.07, 6.45) is 7.24. The number of hydrogen-bond acceptors (Lipinski definition) is 1. The van der Waals surface area contributed by atoms with Crippen LogP contribution in [0.5, 0.6) is 0 Å². The Balaban J connectivity index is 3.27. The normalized spacial score (nSPS) is 11.0. The summed E-state index contributed by atoms with van der Waals surface area (Å²) < 4.78 is 0. The fraction of sp³-hybridized carbons (Fsp3) is 0. The highest BCUT2D eigenvalue weighted by Crippen LogP contribution is 1.78. The fourth-order valence-electron chi connectivity index (χ4n) is 0.192. The molecule has 0 amide bonds. The van der Waals surface area contributed by atoms with Crippen molar-refractivity contribution < 1.29 is 0 Å². The summed E-state index contributed by atoms with van der Waals surface area (Å²) in [6.45, 7) is 3.49. The zero-order chi connectivity index (χ0) is 5.54. The van der Waals surface area contributed by atoms with Crippen molar-refractivity contribution in [1.82, 2.24) is 0 Å². The Labute approximate surface area is 49.7 Å². The van der Waals surface area contributed by atoms with E-state index in [9.17, 15) is 0 Å². The summed E-state index contributed by atoms with van der Waals surface area (Å²) in [4.78, 5) is 0. The third-order valence-electron chi connectivity index (χ3n) is 0.444. The lowest BCUT2D eigenvalue weighted by Crippen LogP contribution is -1.41. The van der Waals surface area contributed by atoms with Gasteiger partial charge in [0.15, 0.2) is 0 Å². The molecule has 0 saturated heterocycles. The minimum atomic E-state index is 1.67. The molecule has 7 heavy (non-hydrogen) atoms. The lowest BCUT2D eigenvalue weighted by atomic mass is 10.5. The molecular formula is C6H8S.